The summed E-state index contributed by atoms with van der Waals surface area (Å²) in [5.74, 6) is 2.41. The van der Waals surface area contributed by atoms with Crippen LogP contribution in [-0.2, 0) is 19.5 Å². The Morgan fingerprint density at radius 3 is 2.84 bits per heavy atom. The number of nitrogens with one attached hydrogen (secondary N) is 1. The molecule has 162 valence electrons. The van der Waals surface area contributed by atoms with Gasteiger partial charge in [-0.1, -0.05) is 5.16 Å². The van der Waals surface area contributed by atoms with Gasteiger partial charge >= 0.3 is 0 Å². The molecule has 0 bridgehead atoms. The van der Waals surface area contributed by atoms with Crippen molar-refractivity contribution in [1.29, 1.82) is 0 Å². The molecule has 2 aliphatic rings. The maximum atomic E-state index is 12.7. The molecule has 0 aromatic carbocycles. The fraction of sp³-hybridized carbons (Fsp3) is 0.455. The van der Waals surface area contributed by atoms with Crippen molar-refractivity contribution < 1.29 is 18.5 Å². The predicted octanol–water partition coefficient (Wildman–Crippen LogP) is 2.47. The van der Waals surface area contributed by atoms with Crippen molar-refractivity contribution in [2.24, 2.45) is 5.92 Å². The largest absolute Gasteiger partial charge is 0.456 e. The molecule has 3 aromatic heterocycles. The first-order valence-electron chi connectivity index (χ1n) is 10.6. The second kappa shape index (κ2) is 7.72. The Balaban J connectivity index is 1.20. The summed E-state index contributed by atoms with van der Waals surface area (Å²) in [6.45, 7) is 6.24. The molecule has 0 saturated heterocycles. The molecule has 0 spiro atoms. The minimum atomic E-state index is -0.322. The van der Waals surface area contributed by atoms with E-state index in [1.165, 1.54) is 12.8 Å². The van der Waals surface area contributed by atoms with Crippen LogP contribution in [0.3, 0.4) is 0 Å². The maximum Gasteiger partial charge on any atom is 0.289 e. The van der Waals surface area contributed by atoms with Crippen molar-refractivity contribution in [3.8, 4) is 0 Å². The van der Waals surface area contributed by atoms with Gasteiger partial charge in [0, 0.05) is 37.8 Å². The Bertz CT molecular complexity index is 1120. The number of amides is 2. The number of hydrogen-bond donors (Lipinski definition) is 1. The second-order valence-corrected chi connectivity index (χ2v) is 8.37. The van der Waals surface area contributed by atoms with E-state index in [2.05, 4.69) is 15.5 Å². The molecule has 9 nitrogen and oxygen atoms in total. The molecule has 0 radical (unpaired) electrons. The SMILES string of the molecule is Cc1noc(C)c1Cc1ccc(C(=O)NCc2cn3c(n2)C(=O)N(CC2CC2)CC3)o1. The molecule has 5 rings (SSSR count). The number of imidazole rings is 1. The van der Waals surface area contributed by atoms with Crippen LogP contribution in [0, 0.1) is 19.8 Å². The molecule has 1 N–H and O–H groups in total. The molecule has 1 fully saturated rings. The van der Waals surface area contributed by atoms with Crippen LogP contribution < -0.4 is 5.32 Å². The monoisotopic (exact) mass is 423 g/mol. The Kier molecular flexibility index (Phi) is 4.88. The standard InChI is InChI=1S/C22H25N5O4/c1-13-18(14(2)31-25-13)9-17-5-6-19(30-17)21(28)23-10-16-12-26-7-8-27(11-15-3-4-15)22(29)20(26)24-16/h5-6,12,15H,3-4,7-11H2,1-2H3,(H,23,28). The number of furan rings is 1. The molecule has 1 aliphatic heterocycles. The first-order valence-corrected chi connectivity index (χ1v) is 10.6. The maximum absolute atomic E-state index is 12.7. The van der Waals surface area contributed by atoms with E-state index in [4.69, 9.17) is 8.94 Å². The smallest absolute Gasteiger partial charge is 0.289 e. The molecule has 1 saturated carbocycles. The number of aromatic nitrogens is 3. The summed E-state index contributed by atoms with van der Waals surface area (Å²) in [4.78, 5) is 31.5. The quantitative estimate of drug-likeness (QED) is 0.626. The van der Waals surface area contributed by atoms with Gasteiger partial charge in [-0.3, -0.25) is 9.59 Å². The molecular weight excluding hydrogens is 398 g/mol. The number of carbonyl (C=O) groups is 2. The topological polar surface area (TPSA) is 106 Å². The minimum absolute atomic E-state index is 0.0225. The number of rotatable bonds is 7. The van der Waals surface area contributed by atoms with Crippen LogP contribution in [0.15, 0.2) is 27.3 Å². The van der Waals surface area contributed by atoms with Gasteiger partial charge in [0.25, 0.3) is 11.8 Å². The van der Waals surface area contributed by atoms with Gasteiger partial charge in [0.2, 0.25) is 0 Å². The van der Waals surface area contributed by atoms with Crippen molar-refractivity contribution in [2.75, 3.05) is 13.1 Å². The molecule has 3 aromatic rings. The summed E-state index contributed by atoms with van der Waals surface area (Å²) in [5.41, 5.74) is 2.44. The zero-order valence-corrected chi connectivity index (χ0v) is 17.7. The van der Waals surface area contributed by atoms with E-state index in [9.17, 15) is 9.59 Å². The second-order valence-electron chi connectivity index (χ2n) is 8.37. The normalized spacial score (nSPS) is 15.9. The average molecular weight is 423 g/mol. The van der Waals surface area contributed by atoms with Gasteiger partial charge in [0.1, 0.15) is 11.5 Å². The van der Waals surface area contributed by atoms with Gasteiger partial charge in [-0.2, -0.15) is 0 Å². The molecule has 2 amide bonds. The van der Waals surface area contributed by atoms with Gasteiger partial charge in [0.15, 0.2) is 11.6 Å². The van der Waals surface area contributed by atoms with Gasteiger partial charge in [-0.15, -0.1) is 0 Å². The van der Waals surface area contributed by atoms with Crippen molar-refractivity contribution in [1.82, 2.24) is 24.9 Å². The molecular formula is C22H25N5O4. The van der Waals surface area contributed by atoms with Crippen molar-refractivity contribution in [3.05, 3.63) is 58.4 Å². The highest BCUT2D eigenvalue weighted by atomic mass is 16.5. The highest BCUT2D eigenvalue weighted by Crippen LogP contribution is 2.30. The lowest BCUT2D eigenvalue weighted by molar-refractivity contribution is 0.0688. The number of hydrogen-bond acceptors (Lipinski definition) is 6. The van der Waals surface area contributed by atoms with E-state index in [1.54, 1.807) is 12.1 Å². The van der Waals surface area contributed by atoms with Gasteiger partial charge in [-0.25, -0.2) is 4.98 Å². The zero-order valence-electron chi connectivity index (χ0n) is 17.7. The van der Waals surface area contributed by atoms with Crippen LogP contribution in [0.25, 0.3) is 0 Å². The van der Waals surface area contributed by atoms with Crippen LogP contribution in [-0.4, -0.2) is 44.5 Å². The Hall–Kier alpha value is -3.36. The summed E-state index contributed by atoms with van der Waals surface area (Å²) in [6, 6.07) is 3.43. The van der Waals surface area contributed by atoms with Gasteiger partial charge < -0.3 is 23.7 Å². The lowest BCUT2D eigenvalue weighted by Crippen LogP contribution is -2.41. The third-order valence-electron chi connectivity index (χ3n) is 5.94. The fourth-order valence-electron chi connectivity index (χ4n) is 3.94. The first-order chi connectivity index (χ1) is 15.0. The molecule has 0 unspecified atom stereocenters. The summed E-state index contributed by atoms with van der Waals surface area (Å²) in [7, 11) is 0. The average Bonchev–Trinajstić information content (AvgIpc) is 3.15. The highest BCUT2D eigenvalue weighted by Gasteiger charge is 2.32. The van der Waals surface area contributed by atoms with E-state index in [0.29, 0.717) is 36.2 Å². The minimum Gasteiger partial charge on any atom is -0.456 e. The Morgan fingerprint density at radius 2 is 2.10 bits per heavy atom. The number of carbonyl (C=O) groups excluding carboxylic acids is 2. The van der Waals surface area contributed by atoms with Crippen molar-refractivity contribution in [3.63, 3.8) is 0 Å². The molecule has 4 heterocycles. The summed E-state index contributed by atoms with van der Waals surface area (Å²) < 4.78 is 12.8. The van der Waals surface area contributed by atoms with E-state index < -0.39 is 0 Å². The predicted molar refractivity (Wildman–Crippen MR) is 110 cm³/mol. The van der Waals surface area contributed by atoms with Crippen LogP contribution in [0.2, 0.25) is 0 Å². The lowest BCUT2D eigenvalue weighted by Gasteiger charge is -2.27. The highest BCUT2D eigenvalue weighted by molar-refractivity contribution is 5.92. The Labute approximate surface area is 179 Å². The molecule has 9 heteroatoms. The van der Waals surface area contributed by atoms with Gasteiger partial charge in [0.05, 0.1) is 17.9 Å². The fourth-order valence-corrected chi connectivity index (χ4v) is 3.94. The van der Waals surface area contributed by atoms with E-state index >= 15 is 0 Å². The lowest BCUT2D eigenvalue weighted by atomic mass is 10.1. The zero-order chi connectivity index (χ0) is 21.5. The van der Waals surface area contributed by atoms with Crippen LogP contribution in [0.1, 0.15) is 62.5 Å². The van der Waals surface area contributed by atoms with E-state index in [0.717, 1.165) is 30.1 Å². The summed E-state index contributed by atoms with van der Waals surface area (Å²) in [5, 5.41) is 6.76. The van der Waals surface area contributed by atoms with Crippen molar-refractivity contribution >= 4 is 11.8 Å². The Morgan fingerprint density at radius 1 is 1.26 bits per heavy atom. The molecule has 1 aliphatic carbocycles. The number of aryl methyl sites for hydroxylation is 2. The number of fused-ring (bicyclic) bond motifs is 1. The van der Waals surface area contributed by atoms with E-state index in [-0.39, 0.29) is 24.1 Å². The third kappa shape index (κ3) is 3.99. The molecule has 31 heavy (non-hydrogen) atoms. The van der Waals surface area contributed by atoms with Crippen LogP contribution in [0.4, 0.5) is 0 Å². The third-order valence-corrected chi connectivity index (χ3v) is 5.94. The molecule has 0 atom stereocenters. The van der Waals surface area contributed by atoms with Gasteiger partial charge in [-0.05, 0) is 44.7 Å². The first kappa shape index (κ1) is 19.6. The van der Waals surface area contributed by atoms with Crippen LogP contribution in [0.5, 0.6) is 0 Å². The summed E-state index contributed by atoms with van der Waals surface area (Å²) >= 11 is 0. The van der Waals surface area contributed by atoms with E-state index in [1.807, 2.05) is 29.5 Å². The van der Waals surface area contributed by atoms with Crippen molar-refractivity contribution in [2.45, 2.75) is 46.2 Å². The number of nitrogens with zero attached hydrogens (tertiary/aromatic N) is 4. The van der Waals surface area contributed by atoms with Crippen LogP contribution >= 0.6 is 0 Å². The summed E-state index contributed by atoms with van der Waals surface area (Å²) in [6.07, 6.45) is 4.78.